The molecule has 0 fully saturated rings. The van der Waals surface area contributed by atoms with Gasteiger partial charge in [0, 0.05) is 23.8 Å². The lowest BCUT2D eigenvalue weighted by molar-refractivity contribution is 0.626. The van der Waals surface area contributed by atoms with Gasteiger partial charge >= 0.3 is 0 Å². The molecule has 0 aliphatic rings. The van der Waals surface area contributed by atoms with Crippen LogP contribution in [0.5, 0.6) is 0 Å². The summed E-state index contributed by atoms with van der Waals surface area (Å²) in [5.74, 6) is -0.392. The molecular weight excluding hydrogens is 307 g/mol. The molecule has 0 aliphatic carbocycles. The molecule has 0 heterocycles. The molecule has 0 unspecified atom stereocenters. The number of nitriles is 1. The second-order valence-corrected chi connectivity index (χ2v) is 5.21. The van der Waals surface area contributed by atoms with Gasteiger partial charge in [-0.1, -0.05) is 28.1 Å². The zero-order chi connectivity index (χ0) is 13.8. The predicted molar refractivity (Wildman–Crippen MR) is 77.4 cm³/mol. The third kappa shape index (κ3) is 3.55. The molecule has 0 aliphatic heterocycles. The number of hydrogen-bond donors (Lipinski definition) is 0. The molecule has 0 saturated heterocycles. The Kier molecular flexibility index (Phi) is 4.18. The van der Waals surface area contributed by atoms with Crippen molar-refractivity contribution in [2.24, 2.45) is 0 Å². The SMILES string of the molecule is CN(Cc1ccc(Br)cc1)c1cc(F)cc(C#N)c1. The first kappa shape index (κ1) is 13.6. The first-order valence-corrected chi connectivity index (χ1v) is 6.54. The fourth-order valence-corrected chi connectivity index (χ4v) is 2.08. The molecule has 2 nitrogen and oxygen atoms in total. The van der Waals surface area contributed by atoms with Crippen molar-refractivity contribution in [2.75, 3.05) is 11.9 Å². The quantitative estimate of drug-likeness (QED) is 0.852. The minimum atomic E-state index is -0.392. The summed E-state index contributed by atoms with van der Waals surface area (Å²) in [5.41, 5.74) is 2.14. The summed E-state index contributed by atoms with van der Waals surface area (Å²) in [6.45, 7) is 0.654. The Morgan fingerprint density at radius 3 is 2.53 bits per heavy atom. The molecule has 96 valence electrons. The van der Waals surface area contributed by atoms with Gasteiger partial charge in [0.2, 0.25) is 0 Å². The third-order valence-corrected chi connectivity index (χ3v) is 3.31. The molecule has 0 aromatic heterocycles. The zero-order valence-corrected chi connectivity index (χ0v) is 12.0. The average molecular weight is 319 g/mol. The van der Waals surface area contributed by atoms with E-state index in [0.717, 1.165) is 10.0 Å². The van der Waals surface area contributed by atoms with Gasteiger partial charge in [0.15, 0.2) is 0 Å². The molecule has 0 N–H and O–H groups in total. The van der Waals surface area contributed by atoms with Crippen molar-refractivity contribution in [3.8, 4) is 6.07 Å². The standard InChI is InChI=1S/C15H12BrFN2/c1-19(10-11-2-4-13(16)5-3-11)15-7-12(9-18)6-14(17)8-15/h2-8H,10H2,1H3. The molecule has 2 aromatic rings. The lowest BCUT2D eigenvalue weighted by atomic mass is 10.1. The number of halogens is 2. The highest BCUT2D eigenvalue weighted by molar-refractivity contribution is 9.10. The summed E-state index contributed by atoms with van der Waals surface area (Å²) in [5, 5.41) is 8.85. The summed E-state index contributed by atoms with van der Waals surface area (Å²) in [6.07, 6.45) is 0. The lowest BCUT2D eigenvalue weighted by Gasteiger charge is -2.19. The highest BCUT2D eigenvalue weighted by Gasteiger charge is 2.06. The average Bonchev–Trinajstić information content (AvgIpc) is 2.40. The number of hydrogen-bond acceptors (Lipinski definition) is 2. The van der Waals surface area contributed by atoms with Crippen LogP contribution >= 0.6 is 15.9 Å². The van der Waals surface area contributed by atoms with E-state index in [9.17, 15) is 4.39 Å². The monoisotopic (exact) mass is 318 g/mol. The second-order valence-electron chi connectivity index (χ2n) is 4.29. The molecule has 0 amide bonds. The van der Waals surface area contributed by atoms with Crippen LogP contribution in [0.2, 0.25) is 0 Å². The summed E-state index contributed by atoms with van der Waals surface area (Å²) in [7, 11) is 1.87. The summed E-state index contributed by atoms with van der Waals surface area (Å²) >= 11 is 3.39. The highest BCUT2D eigenvalue weighted by Crippen LogP contribution is 2.20. The number of anilines is 1. The maximum absolute atomic E-state index is 13.4. The Labute approximate surface area is 120 Å². The van der Waals surface area contributed by atoms with Crippen molar-refractivity contribution in [3.63, 3.8) is 0 Å². The van der Waals surface area contributed by atoms with E-state index in [4.69, 9.17) is 5.26 Å². The fraction of sp³-hybridized carbons (Fsp3) is 0.133. The molecule has 19 heavy (non-hydrogen) atoms. The summed E-state index contributed by atoms with van der Waals surface area (Å²) < 4.78 is 14.4. The fourth-order valence-electron chi connectivity index (χ4n) is 1.81. The number of benzene rings is 2. The van der Waals surface area contributed by atoms with Crippen LogP contribution < -0.4 is 4.90 Å². The van der Waals surface area contributed by atoms with Crippen molar-refractivity contribution >= 4 is 21.6 Å². The van der Waals surface area contributed by atoms with Gasteiger partial charge < -0.3 is 4.90 Å². The van der Waals surface area contributed by atoms with Crippen LogP contribution in [-0.2, 0) is 6.54 Å². The van der Waals surface area contributed by atoms with Gasteiger partial charge in [-0.05, 0) is 35.9 Å². The molecule has 0 atom stereocenters. The molecule has 0 bridgehead atoms. The Hall–Kier alpha value is -1.86. The van der Waals surface area contributed by atoms with E-state index in [0.29, 0.717) is 17.8 Å². The van der Waals surface area contributed by atoms with Gasteiger partial charge in [-0.3, -0.25) is 0 Å². The largest absolute Gasteiger partial charge is 0.370 e. The maximum atomic E-state index is 13.4. The van der Waals surface area contributed by atoms with E-state index < -0.39 is 5.82 Å². The Bertz CT molecular complexity index is 617. The Balaban J connectivity index is 2.20. The predicted octanol–water partition coefficient (Wildman–Crippen LogP) is 4.10. The minimum Gasteiger partial charge on any atom is -0.370 e. The lowest BCUT2D eigenvalue weighted by Crippen LogP contribution is -2.16. The van der Waals surface area contributed by atoms with Crippen molar-refractivity contribution in [2.45, 2.75) is 6.54 Å². The van der Waals surface area contributed by atoms with Crippen LogP contribution in [0.15, 0.2) is 46.9 Å². The van der Waals surface area contributed by atoms with E-state index in [1.165, 1.54) is 12.1 Å². The van der Waals surface area contributed by atoms with Gasteiger partial charge in [0.25, 0.3) is 0 Å². The van der Waals surface area contributed by atoms with Crippen LogP contribution in [0.4, 0.5) is 10.1 Å². The van der Waals surface area contributed by atoms with E-state index in [2.05, 4.69) is 15.9 Å². The number of rotatable bonds is 3. The molecule has 2 rings (SSSR count). The van der Waals surface area contributed by atoms with Crippen LogP contribution in [0.3, 0.4) is 0 Å². The van der Waals surface area contributed by atoms with Gasteiger partial charge in [0.1, 0.15) is 5.82 Å². The van der Waals surface area contributed by atoms with Gasteiger partial charge in [-0.25, -0.2) is 4.39 Å². The molecule has 0 spiro atoms. The first-order valence-electron chi connectivity index (χ1n) is 5.75. The van der Waals surface area contributed by atoms with Crippen molar-refractivity contribution in [3.05, 3.63) is 63.9 Å². The van der Waals surface area contributed by atoms with Gasteiger partial charge in [-0.15, -0.1) is 0 Å². The van der Waals surface area contributed by atoms with E-state index in [1.807, 2.05) is 42.3 Å². The zero-order valence-electron chi connectivity index (χ0n) is 10.4. The molecule has 4 heteroatoms. The summed E-state index contributed by atoms with van der Waals surface area (Å²) in [4.78, 5) is 1.91. The number of nitrogens with zero attached hydrogens (tertiary/aromatic N) is 2. The highest BCUT2D eigenvalue weighted by atomic mass is 79.9. The van der Waals surface area contributed by atoms with Crippen LogP contribution in [0.25, 0.3) is 0 Å². The van der Waals surface area contributed by atoms with E-state index >= 15 is 0 Å². The first-order chi connectivity index (χ1) is 9.08. The van der Waals surface area contributed by atoms with Crippen LogP contribution in [0.1, 0.15) is 11.1 Å². The normalized spacial score (nSPS) is 10.0. The maximum Gasteiger partial charge on any atom is 0.126 e. The van der Waals surface area contributed by atoms with E-state index in [1.54, 1.807) is 6.07 Å². The Morgan fingerprint density at radius 2 is 1.89 bits per heavy atom. The topological polar surface area (TPSA) is 27.0 Å². The molecular formula is C15H12BrFN2. The minimum absolute atomic E-state index is 0.331. The summed E-state index contributed by atoms with van der Waals surface area (Å²) in [6, 6.07) is 14.3. The smallest absolute Gasteiger partial charge is 0.126 e. The molecule has 2 aromatic carbocycles. The van der Waals surface area contributed by atoms with Crippen LogP contribution in [0, 0.1) is 17.1 Å². The van der Waals surface area contributed by atoms with Crippen molar-refractivity contribution < 1.29 is 4.39 Å². The van der Waals surface area contributed by atoms with Crippen molar-refractivity contribution in [1.82, 2.24) is 0 Å². The Morgan fingerprint density at radius 1 is 1.21 bits per heavy atom. The molecule has 0 radical (unpaired) electrons. The second kappa shape index (κ2) is 5.85. The van der Waals surface area contributed by atoms with E-state index in [-0.39, 0.29) is 0 Å². The third-order valence-electron chi connectivity index (χ3n) is 2.79. The van der Waals surface area contributed by atoms with Gasteiger partial charge in [-0.2, -0.15) is 5.26 Å². The van der Waals surface area contributed by atoms with Gasteiger partial charge in [0.05, 0.1) is 11.6 Å². The van der Waals surface area contributed by atoms with Crippen LogP contribution in [-0.4, -0.2) is 7.05 Å². The molecule has 0 saturated carbocycles. The van der Waals surface area contributed by atoms with Crippen molar-refractivity contribution in [1.29, 1.82) is 5.26 Å².